The van der Waals surface area contributed by atoms with Crippen molar-refractivity contribution in [3.63, 3.8) is 0 Å². The quantitative estimate of drug-likeness (QED) is 0.452. The molecular weight excluding hydrogens is 216 g/mol. The number of rotatable bonds is 8. The fraction of sp³-hybridized carbons (Fsp3) is 1.00. The molecule has 0 aliphatic heterocycles. The van der Waals surface area contributed by atoms with Crippen LogP contribution in [-0.4, -0.2) is 0 Å². The van der Waals surface area contributed by atoms with Crippen molar-refractivity contribution >= 4 is 0 Å². The van der Waals surface area contributed by atoms with Crippen molar-refractivity contribution in [1.29, 1.82) is 0 Å². The van der Waals surface area contributed by atoms with Crippen LogP contribution < -0.4 is 0 Å². The first-order valence-corrected chi connectivity index (χ1v) is 8.24. The van der Waals surface area contributed by atoms with Gasteiger partial charge in [-0.15, -0.1) is 0 Å². The van der Waals surface area contributed by atoms with Gasteiger partial charge in [-0.1, -0.05) is 87.5 Å². The fourth-order valence-electron chi connectivity index (χ4n) is 3.53. The Balaban J connectivity index is 5.05. The van der Waals surface area contributed by atoms with E-state index in [0.29, 0.717) is 10.8 Å². The lowest BCUT2D eigenvalue weighted by atomic mass is 9.55. The van der Waals surface area contributed by atoms with Crippen LogP contribution in [0.25, 0.3) is 0 Å². The standard InChI is InChI=1S/C18H38/c1-9-12-14-18(8,17(5,6)7)15(4)16(11-3)13-10-2/h15-16H,9-14H2,1-8H3. The molecule has 0 nitrogen and oxygen atoms in total. The van der Waals surface area contributed by atoms with E-state index in [1.165, 1.54) is 38.5 Å². The Labute approximate surface area is 117 Å². The molecular formula is C18H38. The maximum Gasteiger partial charge on any atom is -0.0249 e. The van der Waals surface area contributed by atoms with E-state index >= 15 is 0 Å². The third-order valence-electron chi connectivity index (χ3n) is 5.66. The summed E-state index contributed by atoms with van der Waals surface area (Å²) in [6, 6.07) is 0. The van der Waals surface area contributed by atoms with Crippen LogP contribution in [0.15, 0.2) is 0 Å². The van der Waals surface area contributed by atoms with Gasteiger partial charge in [0.15, 0.2) is 0 Å². The zero-order chi connectivity index (χ0) is 14.4. The molecule has 0 aliphatic carbocycles. The van der Waals surface area contributed by atoms with Gasteiger partial charge in [0.05, 0.1) is 0 Å². The van der Waals surface area contributed by atoms with E-state index in [1.54, 1.807) is 0 Å². The molecule has 0 aromatic carbocycles. The first kappa shape index (κ1) is 18.0. The molecule has 0 bridgehead atoms. The SMILES string of the molecule is CCCCC(C)(C(C)C(CC)CCC)C(C)(C)C. The normalized spacial score (nSPS) is 19.3. The zero-order valence-corrected chi connectivity index (χ0v) is 14.4. The van der Waals surface area contributed by atoms with E-state index in [1.807, 2.05) is 0 Å². The third kappa shape index (κ3) is 4.28. The number of unbranched alkanes of at least 4 members (excludes halogenated alkanes) is 1. The minimum absolute atomic E-state index is 0.406. The molecule has 0 saturated heterocycles. The average Bonchev–Trinajstić information content (AvgIpc) is 2.30. The molecule has 0 rings (SSSR count). The second-order valence-electron chi connectivity index (χ2n) is 7.52. The number of hydrogen-bond acceptors (Lipinski definition) is 0. The van der Waals surface area contributed by atoms with Gasteiger partial charge in [0.25, 0.3) is 0 Å². The maximum atomic E-state index is 2.55. The summed E-state index contributed by atoms with van der Waals surface area (Å²) in [6.45, 7) is 19.4. The molecule has 0 aromatic rings. The van der Waals surface area contributed by atoms with Gasteiger partial charge in [-0.3, -0.25) is 0 Å². The van der Waals surface area contributed by atoms with E-state index < -0.39 is 0 Å². The van der Waals surface area contributed by atoms with E-state index in [2.05, 4.69) is 55.4 Å². The summed E-state index contributed by atoms with van der Waals surface area (Å²) < 4.78 is 0. The van der Waals surface area contributed by atoms with E-state index in [0.717, 1.165) is 11.8 Å². The minimum atomic E-state index is 0.406. The van der Waals surface area contributed by atoms with Gasteiger partial charge < -0.3 is 0 Å². The lowest BCUT2D eigenvalue weighted by molar-refractivity contribution is -0.00273. The summed E-state index contributed by atoms with van der Waals surface area (Å²) in [5, 5.41) is 0. The molecule has 3 atom stereocenters. The molecule has 0 N–H and O–H groups in total. The summed E-state index contributed by atoms with van der Waals surface area (Å²) >= 11 is 0. The highest BCUT2D eigenvalue weighted by atomic mass is 14.5. The van der Waals surface area contributed by atoms with E-state index in [-0.39, 0.29) is 0 Å². The predicted molar refractivity (Wildman–Crippen MR) is 84.9 cm³/mol. The minimum Gasteiger partial charge on any atom is -0.0654 e. The molecule has 0 fully saturated rings. The van der Waals surface area contributed by atoms with Gasteiger partial charge in [0.1, 0.15) is 0 Å². The largest absolute Gasteiger partial charge is 0.0654 e. The van der Waals surface area contributed by atoms with E-state index in [9.17, 15) is 0 Å². The van der Waals surface area contributed by atoms with E-state index in [4.69, 9.17) is 0 Å². The van der Waals surface area contributed by atoms with Gasteiger partial charge in [0, 0.05) is 0 Å². The number of hydrogen-bond donors (Lipinski definition) is 0. The van der Waals surface area contributed by atoms with Gasteiger partial charge in [-0.05, 0) is 29.1 Å². The van der Waals surface area contributed by atoms with Gasteiger partial charge in [-0.25, -0.2) is 0 Å². The van der Waals surface area contributed by atoms with Crippen LogP contribution in [-0.2, 0) is 0 Å². The Kier molecular flexibility index (Phi) is 7.56. The van der Waals surface area contributed by atoms with Crippen molar-refractivity contribution in [3.8, 4) is 0 Å². The van der Waals surface area contributed by atoms with Crippen molar-refractivity contribution in [3.05, 3.63) is 0 Å². The molecule has 3 unspecified atom stereocenters. The van der Waals surface area contributed by atoms with Crippen molar-refractivity contribution in [2.24, 2.45) is 22.7 Å². The summed E-state index contributed by atoms with van der Waals surface area (Å²) in [4.78, 5) is 0. The van der Waals surface area contributed by atoms with Crippen molar-refractivity contribution < 1.29 is 0 Å². The Morgan fingerprint density at radius 3 is 1.78 bits per heavy atom. The average molecular weight is 255 g/mol. The lowest BCUT2D eigenvalue weighted by Gasteiger charge is -2.50. The Morgan fingerprint density at radius 1 is 0.889 bits per heavy atom. The maximum absolute atomic E-state index is 2.55. The molecule has 0 heterocycles. The molecule has 18 heavy (non-hydrogen) atoms. The summed E-state index contributed by atoms with van der Waals surface area (Å²) in [5.74, 6) is 1.73. The molecule has 0 amide bonds. The zero-order valence-electron chi connectivity index (χ0n) is 14.4. The highest BCUT2D eigenvalue weighted by Crippen LogP contribution is 2.51. The topological polar surface area (TPSA) is 0 Å². The second-order valence-corrected chi connectivity index (χ2v) is 7.52. The van der Waals surface area contributed by atoms with Crippen LogP contribution >= 0.6 is 0 Å². The Bertz CT molecular complexity index is 211. The third-order valence-corrected chi connectivity index (χ3v) is 5.66. The lowest BCUT2D eigenvalue weighted by Crippen LogP contribution is -2.41. The summed E-state index contributed by atoms with van der Waals surface area (Å²) in [6.07, 6.45) is 8.15. The van der Waals surface area contributed by atoms with Crippen LogP contribution in [0.3, 0.4) is 0 Å². The molecule has 110 valence electrons. The van der Waals surface area contributed by atoms with Crippen LogP contribution in [0.1, 0.15) is 93.9 Å². The molecule has 0 aliphatic rings. The molecule has 0 aromatic heterocycles. The first-order chi connectivity index (χ1) is 8.24. The van der Waals surface area contributed by atoms with Crippen LogP contribution in [0.2, 0.25) is 0 Å². The van der Waals surface area contributed by atoms with Crippen molar-refractivity contribution in [1.82, 2.24) is 0 Å². The summed E-state index contributed by atoms with van der Waals surface area (Å²) in [5.41, 5.74) is 0.877. The van der Waals surface area contributed by atoms with Crippen LogP contribution in [0, 0.1) is 22.7 Å². The smallest absolute Gasteiger partial charge is 0.0249 e. The highest BCUT2D eigenvalue weighted by molar-refractivity contribution is 4.92. The van der Waals surface area contributed by atoms with Gasteiger partial charge in [0.2, 0.25) is 0 Å². The Hall–Kier alpha value is 0. The fourth-order valence-corrected chi connectivity index (χ4v) is 3.53. The first-order valence-electron chi connectivity index (χ1n) is 8.24. The monoisotopic (exact) mass is 254 g/mol. The van der Waals surface area contributed by atoms with Crippen molar-refractivity contribution in [2.75, 3.05) is 0 Å². The van der Waals surface area contributed by atoms with Crippen LogP contribution in [0.5, 0.6) is 0 Å². The summed E-state index contributed by atoms with van der Waals surface area (Å²) in [7, 11) is 0. The van der Waals surface area contributed by atoms with Crippen molar-refractivity contribution in [2.45, 2.75) is 93.9 Å². The van der Waals surface area contributed by atoms with Crippen LogP contribution in [0.4, 0.5) is 0 Å². The van der Waals surface area contributed by atoms with Gasteiger partial charge in [-0.2, -0.15) is 0 Å². The molecule has 0 saturated carbocycles. The van der Waals surface area contributed by atoms with Gasteiger partial charge >= 0.3 is 0 Å². The molecule has 0 radical (unpaired) electrons. The molecule has 0 spiro atoms. The Morgan fingerprint density at radius 2 is 1.44 bits per heavy atom. The predicted octanol–water partition coefficient (Wildman–Crippen LogP) is 6.69. The highest BCUT2D eigenvalue weighted by Gasteiger charge is 2.43. The second kappa shape index (κ2) is 7.56. The molecule has 0 heteroatoms.